The zero-order chi connectivity index (χ0) is 14.0. The summed E-state index contributed by atoms with van der Waals surface area (Å²) in [5.41, 5.74) is 4.04. The molecule has 20 heavy (non-hydrogen) atoms. The molecule has 0 aliphatic rings. The molecule has 2 N–H and O–H groups in total. The van der Waals surface area contributed by atoms with E-state index in [-0.39, 0.29) is 23.8 Å². The number of hydrogen-bond acceptors (Lipinski definition) is 2. The van der Waals surface area contributed by atoms with Crippen molar-refractivity contribution in [2.45, 2.75) is 6.18 Å². The first-order chi connectivity index (χ1) is 8.86. The van der Waals surface area contributed by atoms with E-state index in [0.29, 0.717) is 10.8 Å². The molecule has 0 spiro atoms. The van der Waals surface area contributed by atoms with E-state index in [2.05, 4.69) is 0 Å². The normalized spacial score (nSPS) is 10.8. The van der Waals surface area contributed by atoms with Gasteiger partial charge in [-0.3, -0.25) is 0 Å². The lowest BCUT2D eigenvalue weighted by molar-refractivity contribution is -0.137. The average molecular weight is 324 g/mol. The van der Waals surface area contributed by atoms with Gasteiger partial charge >= 0.3 is 6.18 Å². The highest BCUT2D eigenvalue weighted by molar-refractivity contribution is 6.30. The van der Waals surface area contributed by atoms with Crippen LogP contribution in [0.1, 0.15) is 5.56 Å². The number of halogens is 5. The van der Waals surface area contributed by atoms with Gasteiger partial charge < -0.3 is 10.5 Å². The van der Waals surface area contributed by atoms with Gasteiger partial charge in [-0.15, -0.1) is 12.4 Å². The molecule has 0 radical (unpaired) electrons. The van der Waals surface area contributed by atoms with Crippen LogP contribution < -0.4 is 10.5 Å². The summed E-state index contributed by atoms with van der Waals surface area (Å²) in [4.78, 5) is 0. The van der Waals surface area contributed by atoms with Crippen LogP contribution in [-0.4, -0.2) is 0 Å². The zero-order valence-corrected chi connectivity index (χ0v) is 11.5. The Kier molecular flexibility index (Phi) is 5.14. The summed E-state index contributed by atoms with van der Waals surface area (Å²) < 4.78 is 43.3. The molecule has 0 atom stereocenters. The molecule has 0 bridgehead atoms. The van der Waals surface area contributed by atoms with Crippen LogP contribution >= 0.6 is 24.0 Å². The summed E-state index contributed by atoms with van der Waals surface area (Å²) in [6, 6.07) is 9.69. The molecule has 7 heteroatoms. The first-order valence-electron chi connectivity index (χ1n) is 5.26. The fraction of sp³-hybridized carbons (Fsp3) is 0.0769. The number of alkyl halides is 3. The second kappa shape index (κ2) is 6.24. The Hall–Kier alpha value is -1.59. The Balaban J connectivity index is 0.00000200. The summed E-state index contributed by atoms with van der Waals surface area (Å²) in [6.45, 7) is 0. The topological polar surface area (TPSA) is 35.2 Å². The molecule has 0 aliphatic carbocycles. The summed E-state index contributed by atoms with van der Waals surface area (Å²) in [5, 5.41) is 0.514. The Morgan fingerprint density at radius 3 is 2.05 bits per heavy atom. The van der Waals surface area contributed by atoms with E-state index >= 15 is 0 Å². The Morgan fingerprint density at radius 2 is 1.50 bits per heavy atom. The number of nitrogen functional groups attached to an aromatic ring is 1. The van der Waals surface area contributed by atoms with Gasteiger partial charge in [0.15, 0.2) is 0 Å². The highest BCUT2D eigenvalue weighted by Gasteiger charge is 2.33. The molecule has 0 unspecified atom stereocenters. The lowest BCUT2D eigenvalue weighted by Crippen LogP contribution is -2.08. The molecule has 0 saturated heterocycles. The minimum absolute atomic E-state index is 0. The maximum atomic E-state index is 12.7. The van der Waals surface area contributed by atoms with Crippen molar-refractivity contribution in [2.75, 3.05) is 5.73 Å². The maximum Gasteiger partial charge on any atom is 0.418 e. The minimum atomic E-state index is -4.51. The van der Waals surface area contributed by atoms with Crippen molar-refractivity contribution in [3.63, 3.8) is 0 Å². The van der Waals surface area contributed by atoms with Crippen molar-refractivity contribution >= 4 is 29.7 Å². The number of benzene rings is 2. The van der Waals surface area contributed by atoms with Gasteiger partial charge in [-0.05, 0) is 42.5 Å². The van der Waals surface area contributed by atoms with Gasteiger partial charge in [-0.25, -0.2) is 0 Å². The first-order valence-corrected chi connectivity index (χ1v) is 5.64. The van der Waals surface area contributed by atoms with Gasteiger partial charge in [0.05, 0.1) is 5.56 Å². The summed E-state index contributed by atoms with van der Waals surface area (Å²) in [5.74, 6) is 0.450. The van der Waals surface area contributed by atoms with Gasteiger partial charge in [0.25, 0.3) is 0 Å². The number of hydrogen-bond donors (Lipinski definition) is 1. The molecule has 0 aliphatic heterocycles. The standard InChI is InChI=1S/C13H9ClF3NO.ClH/c14-8-1-3-9(4-2-8)19-10-5-6-12(18)11(7-10)13(15,16)17;/h1-7H,18H2;1H. The van der Waals surface area contributed by atoms with Crippen molar-refractivity contribution < 1.29 is 17.9 Å². The van der Waals surface area contributed by atoms with Crippen molar-refractivity contribution in [1.29, 1.82) is 0 Å². The molecule has 0 fully saturated rings. The first kappa shape index (κ1) is 16.5. The summed E-state index contributed by atoms with van der Waals surface area (Å²) in [6.07, 6.45) is -4.51. The predicted octanol–water partition coefficient (Wildman–Crippen LogP) is 5.16. The SMILES string of the molecule is Cl.Nc1ccc(Oc2ccc(Cl)cc2)cc1C(F)(F)F. The van der Waals surface area contributed by atoms with Gasteiger partial charge in [-0.2, -0.15) is 13.2 Å². The predicted molar refractivity (Wildman–Crippen MR) is 74.6 cm³/mol. The molecular weight excluding hydrogens is 314 g/mol. The van der Waals surface area contributed by atoms with E-state index in [9.17, 15) is 13.2 Å². The lowest BCUT2D eigenvalue weighted by atomic mass is 10.1. The van der Waals surface area contributed by atoms with E-state index in [1.807, 2.05) is 0 Å². The molecule has 0 saturated carbocycles. The Bertz CT molecular complexity index is 585. The second-order valence-corrected chi connectivity index (χ2v) is 4.24. The molecule has 0 amide bonds. The molecule has 2 aromatic rings. The van der Waals surface area contributed by atoms with E-state index in [0.717, 1.165) is 12.1 Å². The van der Waals surface area contributed by atoms with E-state index < -0.39 is 11.7 Å². The van der Waals surface area contributed by atoms with E-state index in [4.69, 9.17) is 22.1 Å². The summed E-state index contributed by atoms with van der Waals surface area (Å²) in [7, 11) is 0. The maximum absolute atomic E-state index is 12.7. The average Bonchev–Trinajstić information content (AvgIpc) is 2.33. The number of anilines is 1. The van der Waals surface area contributed by atoms with Crippen LogP contribution in [0.5, 0.6) is 11.5 Å². The Labute approximate surface area is 124 Å². The van der Waals surface area contributed by atoms with Crippen LogP contribution in [0.15, 0.2) is 42.5 Å². The van der Waals surface area contributed by atoms with Crippen molar-refractivity contribution in [1.82, 2.24) is 0 Å². The van der Waals surface area contributed by atoms with Gasteiger partial charge in [-0.1, -0.05) is 11.6 Å². The molecule has 108 valence electrons. The molecule has 2 nitrogen and oxygen atoms in total. The van der Waals surface area contributed by atoms with Gasteiger partial charge in [0.1, 0.15) is 11.5 Å². The van der Waals surface area contributed by atoms with Gasteiger partial charge in [0, 0.05) is 10.7 Å². The highest BCUT2D eigenvalue weighted by Crippen LogP contribution is 2.36. The lowest BCUT2D eigenvalue weighted by Gasteiger charge is -2.12. The third-order valence-electron chi connectivity index (χ3n) is 2.38. The molecule has 0 heterocycles. The quantitative estimate of drug-likeness (QED) is 0.775. The van der Waals surface area contributed by atoms with Gasteiger partial charge in [0.2, 0.25) is 0 Å². The van der Waals surface area contributed by atoms with Crippen LogP contribution in [0.3, 0.4) is 0 Å². The van der Waals surface area contributed by atoms with Crippen LogP contribution in [0, 0.1) is 0 Å². The molecule has 2 aromatic carbocycles. The van der Waals surface area contributed by atoms with Crippen molar-refractivity contribution in [3.8, 4) is 11.5 Å². The number of ether oxygens (including phenoxy) is 1. The Morgan fingerprint density at radius 1 is 0.950 bits per heavy atom. The van der Waals surface area contributed by atoms with E-state index in [1.54, 1.807) is 24.3 Å². The number of nitrogens with two attached hydrogens (primary N) is 1. The minimum Gasteiger partial charge on any atom is -0.457 e. The monoisotopic (exact) mass is 323 g/mol. The van der Waals surface area contributed by atoms with Crippen molar-refractivity contribution in [3.05, 3.63) is 53.1 Å². The third-order valence-corrected chi connectivity index (χ3v) is 2.63. The van der Waals surface area contributed by atoms with Crippen LogP contribution in [0.2, 0.25) is 5.02 Å². The van der Waals surface area contributed by atoms with Crippen LogP contribution in [0.4, 0.5) is 18.9 Å². The number of rotatable bonds is 2. The second-order valence-electron chi connectivity index (χ2n) is 3.80. The third kappa shape index (κ3) is 3.95. The highest BCUT2D eigenvalue weighted by atomic mass is 35.5. The molecular formula is C13H10Cl2F3NO. The molecule has 0 aromatic heterocycles. The molecule has 2 rings (SSSR count). The fourth-order valence-corrected chi connectivity index (χ4v) is 1.61. The van der Waals surface area contributed by atoms with Crippen LogP contribution in [-0.2, 0) is 6.18 Å². The van der Waals surface area contributed by atoms with E-state index in [1.165, 1.54) is 6.07 Å². The zero-order valence-electron chi connectivity index (χ0n) is 9.95. The van der Waals surface area contributed by atoms with Crippen molar-refractivity contribution in [2.24, 2.45) is 0 Å². The van der Waals surface area contributed by atoms with Crippen LogP contribution in [0.25, 0.3) is 0 Å². The largest absolute Gasteiger partial charge is 0.457 e. The fourth-order valence-electron chi connectivity index (χ4n) is 1.48. The smallest absolute Gasteiger partial charge is 0.418 e. The summed E-state index contributed by atoms with van der Waals surface area (Å²) >= 11 is 5.70.